The van der Waals surface area contributed by atoms with Crippen molar-refractivity contribution < 1.29 is 14.0 Å². The topological polar surface area (TPSA) is 61.4 Å². The van der Waals surface area contributed by atoms with E-state index in [-0.39, 0.29) is 29.5 Å². The number of hydrogen-bond acceptors (Lipinski definition) is 3. The molecule has 2 atom stereocenters. The largest absolute Gasteiger partial charge is 0.331 e. The van der Waals surface area contributed by atoms with Crippen LogP contribution in [0.2, 0.25) is 0 Å². The summed E-state index contributed by atoms with van der Waals surface area (Å²) < 4.78 is 14.1. The number of benzene rings is 1. The van der Waals surface area contributed by atoms with Gasteiger partial charge in [0.1, 0.15) is 5.82 Å². The number of fused-ring (bicyclic) bond motifs is 2. The molecule has 1 aromatic rings. The lowest BCUT2D eigenvalue weighted by atomic mass is 10.1. The second-order valence-corrected chi connectivity index (χ2v) is 5.97. The molecule has 2 bridgehead atoms. The molecule has 2 N–H and O–H groups in total. The normalized spacial score (nSPS) is 24.0. The highest BCUT2D eigenvalue weighted by Crippen LogP contribution is 2.30. The van der Waals surface area contributed by atoms with Crippen molar-refractivity contribution in [1.82, 2.24) is 10.2 Å². The lowest BCUT2D eigenvalue weighted by Gasteiger charge is -2.28. The molecule has 5 nitrogen and oxygen atoms in total. The third-order valence-corrected chi connectivity index (χ3v) is 4.41. The van der Waals surface area contributed by atoms with Gasteiger partial charge in [-0.3, -0.25) is 9.59 Å². The minimum atomic E-state index is -0.546. The molecule has 2 heterocycles. The predicted molar refractivity (Wildman–Crippen MR) is 81.2 cm³/mol. The van der Waals surface area contributed by atoms with Gasteiger partial charge >= 0.3 is 0 Å². The van der Waals surface area contributed by atoms with Crippen LogP contribution < -0.4 is 10.6 Å². The summed E-state index contributed by atoms with van der Waals surface area (Å²) in [5.74, 6) is -1.07. The van der Waals surface area contributed by atoms with Gasteiger partial charge in [-0.2, -0.15) is 0 Å². The minimum absolute atomic E-state index is 0.0325. The number of anilines is 1. The molecule has 0 saturated carbocycles. The Morgan fingerprint density at radius 1 is 1.27 bits per heavy atom. The van der Waals surface area contributed by atoms with Crippen LogP contribution in [0.5, 0.6) is 0 Å². The molecule has 6 heteroatoms. The molecule has 2 amide bonds. The predicted octanol–water partition coefficient (Wildman–Crippen LogP) is 1.75. The molecule has 22 heavy (non-hydrogen) atoms. The van der Waals surface area contributed by atoms with Gasteiger partial charge in [0, 0.05) is 31.2 Å². The van der Waals surface area contributed by atoms with Gasteiger partial charge in [0.15, 0.2) is 0 Å². The summed E-state index contributed by atoms with van der Waals surface area (Å²) in [5.41, 5.74) is 0.475. The first-order valence-electron chi connectivity index (χ1n) is 7.67. The molecule has 0 aromatic heterocycles. The maximum Gasteiger partial charge on any atom is 0.257 e. The summed E-state index contributed by atoms with van der Waals surface area (Å²) in [6, 6.07) is 4.43. The van der Waals surface area contributed by atoms with Gasteiger partial charge in [0.05, 0.1) is 5.56 Å². The van der Waals surface area contributed by atoms with E-state index in [1.54, 1.807) is 0 Å². The van der Waals surface area contributed by atoms with Gasteiger partial charge in [-0.15, -0.1) is 0 Å². The van der Waals surface area contributed by atoms with E-state index in [9.17, 15) is 14.0 Å². The fraction of sp³-hybridized carbons (Fsp3) is 0.500. The zero-order valence-electron chi connectivity index (χ0n) is 12.6. The molecule has 118 valence electrons. The van der Waals surface area contributed by atoms with E-state index in [2.05, 4.69) is 10.6 Å². The van der Waals surface area contributed by atoms with E-state index in [1.807, 2.05) is 4.90 Å². The third-order valence-electron chi connectivity index (χ3n) is 4.41. The third kappa shape index (κ3) is 2.83. The minimum Gasteiger partial charge on any atom is -0.331 e. The highest BCUT2D eigenvalue weighted by Gasteiger charge is 2.39. The number of hydrogen-bond donors (Lipinski definition) is 2. The SMILES string of the molecule is CC(=O)Nc1ccc(F)c(C(=O)N2C3CCNCC2CC3)c1. The van der Waals surface area contributed by atoms with Crippen LogP contribution in [-0.2, 0) is 4.79 Å². The molecule has 0 radical (unpaired) electrons. The second kappa shape index (κ2) is 6.04. The molecule has 2 unspecified atom stereocenters. The zero-order valence-corrected chi connectivity index (χ0v) is 12.6. The van der Waals surface area contributed by atoms with E-state index >= 15 is 0 Å². The number of rotatable bonds is 2. The smallest absolute Gasteiger partial charge is 0.257 e. The first-order valence-corrected chi connectivity index (χ1v) is 7.67. The summed E-state index contributed by atoms with van der Waals surface area (Å²) >= 11 is 0. The second-order valence-electron chi connectivity index (χ2n) is 5.97. The van der Waals surface area contributed by atoms with Crippen molar-refractivity contribution in [2.24, 2.45) is 0 Å². The van der Waals surface area contributed by atoms with Crippen LogP contribution >= 0.6 is 0 Å². The molecular formula is C16H20FN3O2. The van der Waals surface area contributed by atoms with Crippen LogP contribution in [0, 0.1) is 5.82 Å². The molecule has 0 spiro atoms. The Bertz CT molecular complexity index is 591. The summed E-state index contributed by atoms with van der Waals surface area (Å²) in [4.78, 5) is 25.8. The van der Waals surface area contributed by atoms with Gasteiger partial charge in [0.25, 0.3) is 5.91 Å². The molecule has 1 aromatic carbocycles. The zero-order chi connectivity index (χ0) is 15.7. The maximum atomic E-state index is 14.1. The Kier molecular flexibility index (Phi) is 4.11. The van der Waals surface area contributed by atoms with Crippen LogP contribution in [0.15, 0.2) is 18.2 Å². The van der Waals surface area contributed by atoms with Gasteiger partial charge < -0.3 is 15.5 Å². The lowest BCUT2D eigenvalue weighted by molar-refractivity contribution is -0.114. The summed E-state index contributed by atoms with van der Waals surface area (Å²) in [6.07, 6.45) is 2.83. The van der Waals surface area contributed by atoms with Crippen molar-refractivity contribution in [3.63, 3.8) is 0 Å². The first-order chi connectivity index (χ1) is 10.6. The summed E-state index contributed by atoms with van der Waals surface area (Å²) in [6.45, 7) is 3.03. The molecule has 2 aliphatic rings. The average molecular weight is 305 g/mol. The Morgan fingerprint density at radius 2 is 2.05 bits per heavy atom. The molecule has 0 aliphatic carbocycles. The van der Waals surface area contributed by atoms with E-state index in [4.69, 9.17) is 0 Å². The molecule has 3 rings (SSSR count). The van der Waals surface area contributed by atoms with Crippen LogP contribution in [0.4, 0.5) is 10.1 Å². The van der Waals surface area contributed by atoms with Gasteiger partial charge in [-0.25, -0.2) is 4.39 Å². The quantitative estimate of drug-likeness (QED) is 0.875. The first kappa shape index (κ1) is 15.0. The van der Waals surface area contributed by atoms with Gasteiger partial charge in [0.2, 0.25) is 5.91 Å². The Hall–Kier alpha value is -1.95. The van der Waals surface area contributed by atoms with E-state index in [0.717, 1.165) is 32.4 Å². The van der Waals surface area contributed by atoms with Crippen molar-refractivity contribution >= 4 is 17.5 Å². The maximum absolute atomic E-state index is 14.1. The van der Waals surface area contributed by atoms with E-state index in [0.29, 0.717) is 5.69 Å². The average Bonchev–Trinajstić information content (AvgIpc) is 2.73. The number of amides is 2. The van der Waals surface area contributed by atoms with E-state index in [1.165, 1.54) is 25.1 Å². The van der Waals surface area contributed by atoms with E-state index < -0.39 is 5.82 Å². The number of nitrogens with zero attached hydrogens (tertiary/aromatic N) is 1. The number of carbonyl (C=O) groups is 2. The van der Waals surface area contributed by atoms with Crippen molar-refractivity contribution in [2.75, 3.05) is 18.4 Å². The van der Waals surface area contributed by atoms with Crippen molar-refractivity contribution in [3.8, 4) is 0 Å². The fourth-order valence-electron chi connectivity index (χ4n) is 3.42. The van der Waals surface area contributed by atoms with Crippen LogP contribution in [0.1, 0.15) is 36.5 Å². The Balaban J connectivity index is 1.89. The van der Waals surface area contributed by atoms with Gasteiger partial charge in [-0.1, -0.05) is 0 Å². The van der Waals surface area contributed by atoms with Crippen molar-refractivity contribution in [2.45, 2.75) is 38.3 Å². The molecule has 2 fully saturated rings. The summed E-state index contributed by atoms with van der Waals surface area (Å²) in [7, 11) is 0. The molecule has 2 saturated heterocycles. The highest BCUT2D eigenvalue weighted by molar-refractivity contribution is 5.97. The number of halogens is 1. The van der Waals surface area contributed by atoms with Crippen LogP contribution in [0.3, 0.4) is 0 Å². The van der Waals surface area contributed by atoms with Crippen molar-refractivity contribution in [3.05, 3.63) is 29.6 Å². The monoisotopic (exact) mass is 305 g/mol. The van der Waals surface area contributed by atoms with Crippen LogP contribution in [-0.4, -0.2) is 41.9 Å². The lowest BCUT2D eigenvalue weighted by Crippen LogP contribution is -2.42. The number of nitrogens with one attached hydrogen (secondary N) is 2. The Labute approximate surface area is 128 Å². The highest BCUT2D eigenvalue weighted by atomic mass is 19.1. The van der Waals surface area contributed by atoms with Crippen LogP contribution in [0.25, 0.3) is 0 Å². The molecule has 2 aliphatic heterocycles. The summed E-state index contributed by atoms with van der Waals surface area (Å²) in [5, 5.41) is 5.91. The number of carbonyl (C=O) groups excluding carboxylic acids is 2. The Morgan fingerprint density at radius 3 is 2.82 bits per heavy atom. The standard InChI is InChI=1S/C16H20FN3O2/c1-10(21)19-11-2-5-15(17)14(8-11)16(22)20-12-3-4-13(20)9-18-7-6-12/h2,5,8,12-13,18H,3-4,6-7,9H2,1H3,(H,19,21). The van der Waals surface area contributed by atoms with Gasteiger partial charge in [-0.05, 0) is 44.0 Å². The fourth-order valence-corrected chi connectivity index (χ4v) is 3.42. The van der Waals surface area contributed by atoms with Crippen molar-refractivity contribution in [1.29, 1.82) is 0 Å². The molecular weight excluding hydrogens is 285 g/mol.